The Kier molecular flexibility index (Phi) is 7.37. The van der Waals surface area contributed by atoms with Crippen molar-refractivity contribution < 1.29 is 23.6 Å². The first-order valence-corrected chi connectivity index (χ1v) is 11.2. The summed E-state index contributed by atoms with van der Waals surface area (Å²) in [6.07, 6.45) is 1.94. The predicted molar refractivity (Wildman–Crippen MR) is 101 cm³/mol. The molecule has 0 spiro atoms. The highest BCUT2D eigenvalue weighted by atomic mass is 28.4. The maximum atomic E-state index is 11.7. The van der Waals surface area contributed by atoms with Gasteiger partial charge in [-0.3, -0.25) is 10.1 Å². The van der Waals surface area contributed by atoms with Gasteiger partial charge < -0.3 is 13.9 Å². The fraction of sp³-hybridized carbons (Fsp3) is 0.500. The van der Waals surface area contributed by atoms with E-state index in [0.29, 0.717) is 5.56 Å². The molecular formula is C18H27NO6Si. The van der Waals surface area contributed by atoms with Gasteiger partial charge in [-0.25, -0.2) is 4.79 Å². The summed E-state index contributed by atoms with van der Waals surface area (Å²) in [6, 6.07) is 5.77. The van der Waals surface area contributed by atoms with Crippen molar-refractivity contribution >= 4 is 20.2 Å². The number of hydrogen-bond acceptors (Lipinski definition) is 6. The highest BCUT2D eigenvalue weighted by Crippen LogP contribution is 2.36. The minimum absolute atomic E-state index is 0.0168. The molecular weight excluding hydrogens is 354 g/mol. The summed E-state index contributed by atoms with van der Waals surface area (Å²) in [4.78, 5) is 21.8. The number of nitro benzene ring substituents is 1. The molecule has 8 heteroatoms. The number of benzene rings is 1. The molecule has 0 heterocycles. The van der Waals surface area contributed by atoms with Gasteiger partial charge in [0, 0.05) is 12.1 Å². The van der Waals surface area contributed by atoms with E-state index in [1.807, 2.05) is 0 Å². The van der Waals surface area contributed by atoms with Crippen LogP contribution in [0.3, 0.4) is 0 Å². The number of nitro groups is 1. The first kappa shape index (κ1) is 21.7. The molecule has 0 radical (unpaired) electrons. The van der Waals surface area contributed by atoms with Crippen molar-refractivity contribution in [3.63, 3.8) is 0 Å². The molecule has 0 aliphatic carbocycles. The summed E-state index contributed by atoms with van der Waals surface area (Å²) in [5.74, 6) is 0. The molecule has 0 saturated carbocycles. The van der Waals surface area contributed by atoms with Crippen molar-refractivity contribution in [2.75, 3.05) is 0 Å². The average Bonchev–Trinajstić information content (AvgIpc) is 2.52. The van der Waals surface area contributed by atoms with Crippen molar-refractivity contribution in [1.29, 1.82) is 0 Å². The van der Waals surface area contributed by atoms with Crippen LogP contribution in [0.1, 0.15) is 33.3 Å². The Hall–Kier alpha value is -2.35. The Morgan fingerprint density at radius 1 is 1.27 bits per heavy atom. The second-order valence-corrected chi connectivity index (χ2v) is 12.2. The summed E-state index contributed by atoms with van der Waals surface area (Å²) in [6.45, 7) is 12.4. The Morgan fingerprint density at radius 2 is 1.85 bits per heavy atom. The molecule has 1 atom stereocenters. The summed E-state index contributed by atoms with van der Waals surface area (Å²) in [5.41, 5.74) is 0.619. The zero-order valence-electron chi connectivity index (χ0n) is 16.1. The highest BCUT2D eigenvalue weighted by molar-refractivity contribution is 6.74. The van der Waals surface area contributed by atoms with Crippen molar-refractivity contribution in [3.05, 3.63) is 52.3 Å². The maximum absolute atomic E-state index is 11.7. The third kappa shape index (κ3) is 6.87. The molecule has 7 nitrogen and oxygen atoms in total. The zero-order valence-corrected chi connectivity index (χ0v) is 17.1. The second-order valence-electron chi connectivity index (χ2n) is 7.49. The summed E-state index contributed by atoms with van der Waals surface area (Å²) in [5, 5.41) is 10.7. The van der Waals surface area contributed by atoms with Crippen LogP contribution in [0.5, 0.6) is 0 Å². The monoisotopic (exact) mass is 381 g/mol. The minimum Gasteiger partial charge on any atom is -0.549 e. The fourth-order valence-electron chi connectivity index (χ4n) is 1.58. The lowest BCUT2D eigenvalue weighted by Crippen LogP contribution is -2.39. The fourth-order valence-corrected chi connectivity index (χ4v) is 2.35. The van der Waals surface area contributed by atoms with E-state index in [4.69, 9.17) is 13.9 Å². The van der Waals surface area contributed by atoms with Crippen molar-refractivity contribution in [3.8, 4) is 0 Å². The largest absolute Gasteiger partial charge is 0.549 e. The van der Waals surface area contributed by atoms with Crippen LogP contribution in [0.2, 0.25) is 18.1 Å². The third-order valence-electron chi connectivity index (χ3n) is 4.30. The van der Waals surface area contributed by atoms with Gasteiger partial charge in [-0.15, -0.1) is 0 Å². The number of non-ortho nitro benzene ring substituents is 1. The minimum atomic E-state index is -1.89. The first-order valence-electron chi connectivity index (χ1n) is 8.33. The van der Waals surface area contributed by atoms with Crippen LogP contribution < -0.4 is 0 Å². The summed E-state index contributed by atoms with van der Waals surface area (Å²) in [7, 11) is -1.89. The predicted octanol–water partition coefficient (Wildman–Crippen LogP) is 5.17. The second kappa shape index (κ2) is 8.84. The highest BCUT2D eigenvalue weighted by Gasteiger charge is 2.37. The zero-order chi connectivity index (χ0) is 20.0. The van der Waals surface area contributed by atoms with Crippen molar-refractivity contribution in [2.24, 2.45) is 0 Å². The smallest absolute Gasteiger partial charge is 0.509 e. The van der Waals surface area contributed by atoms with Gasteiger partial charge in [0.05, 0.1) is 11.2 Å². The molecule has 1 aromatic rings. The van der Waals surface area contributed by atoms with E-state index in [-0.39, 0.29) is 17.3 Å². The number of carbonyl (C=O) groups is 1. The summed E-state index contributed by atoms with van der Waals surface area (Å²) < 4.78 is 16.0. The number of carbonyl (C=O) groups excluding carboxylic acids is 1. The van der Waals surface area contributed by atoms with Gasteiger partial charge in [0.25, 0.3) is 5.69 Å². The molecule has 1 aromatic carbocycles. The number of hydrogen-bond donors (Lipinski definition) is 0. The van der Waals surface area contributed by atoms with Crippen molar-refractivity contribution in [2.45, 2.75) is 58.5 Å². The van der Waals surface area contributed by atoms with Crippen LogP contribution in [0.25, 0.3) is 0 Å². The standard InChI is InChI=1S/C18H27NO6Si/c1-14(11-12-24-26(5,6)18(2,3)4)25-17(20)23-13-15-7-9-16(10-8-15)19(21)22/h7-12,14H,13H2,1-6H3. The van der Waals surface area contributed by atoms with E-state index < -0.39 is 25.5 Å². The van der Waals surface area contributed by atoms with Crippen molar-refractivity contribution in [1.82, 2.24) is 0 Å². The number of nitrogens with zero attached hydrogens (tertiary/aromatic N) is 1. The molecule has 0 N–H and O–H groups in total. The molecule has 0 amide bonds. The van der Waals surface area contributed by atoms with Gasteiger partial charge in [0.2, 0.25) is 8.32 Å². The van der Waals surface area contributed by atoms with Gasteiger partial charge in [-0.05, 0) is 48.8 Å². The first-order chi connectivity index (χ1) is 11.9. The Bertz CT molecular complexity index is 649. The van der Waals surface area contributed by atoms with Gasteiger partial charge in [-0.1, -0.05) is 20.8 Å². The van der Waals surface area contributed by atoms with E-state index in [2.05, 4.69) is 33.9 Å². The van der Waals surface area contributed by atoms with E-state index >= 15 is 0 Å². The molecule has 144 valence electrons. The molecule has 26 heavy (non-hydrogen) atoms. The molecule has 1 unspecified atom stereocenters. The quantitative estimate of drug-likeness (QED) is 0.213. The topological polar surface area (TPSA) is 87.9 Å². The van der Waals surface area contributed by atoms with E-state index in [9.17, 15) is 14.9 Å². The lowest BCUT2D eigenvalue weighted by Gasteiger charge is -2.35. The maximum Gasteiger partial charge on any atom is 0.509 e. The molecule has 0 aliphatic heterocycles. The Balaban J connectivity index is 2.42. The van der Waals surface area contributed by atoms with Gasteiger partial charge in [0.1, 0.15) is 12.7 Å². The summed E-state index contributed by atoms with van der Waals surface area (Å²) >= 11 is 0. The van der Waals surface area contributed by atoms with Crippen LogP contribution in [-0.4, -0.2) is 25.5 Å². The molecule has 0 aliphatic rings. The van der Waals surface area contributed by atoms with Crippen LogP contribution >= 0.6 is 0 Å². The van der Waals surface area contributed by atoms with E-state index in [1.165, 1.54) is 24.3 Å². The normalized spacial score (nSPS) is 13.3. The molecule has 0 saturated heterocycles. The van der Waals surface area contributed by atoms with Crippen LogP contribution in [-0.2, 0) is 20.5 Å². The van der Waals surface area contributed by atoms with Gasteiger partial charge in [-0.2, -0.15) is 0 Å². The Morgan fingerprint density at radius 3 is 2.35 bits per heavy atom. The molecule has 0 aromatic heterocycles. The SMILES string of the molecule is CC(C=CO[Si](C)(C)C(C)(C)C)OC(=O)OCc1ccc([N+](=O)[O-])cc1. The Labute approximate surface area is 155 Å². The van der Waals surface area contributed by atoms with Crippen LogP contribution in [0.4, 0.5) is 10.5 Å². The number of rotatable bonds is 7. The van der Waals surface area contributed by atoms with Gasteiger partial charge in [0.15, 0.2) is 0 Å². The molecule has 0 fully saturated rings. The van der Waals surface area contributed by atoms with Crippen LogP contribution in [0, 0.1) is 10.1 Å². The molecule has 1 rings (SSSR count). The van der Waals surface area contributed by atoms with Crippen LogP contribution in [0.15, 0.2) is 36.6 Å². The van der Waals surface area contributed by atoms with E-state index in [1.54, 1.807) is 19.3 Å². The lowest BCUT2D eigenvalue weighted by molar-refractivity contribution is -0.384. The van der Waals surface area contributed by atoms with Gasteiger partial charge >= 0.3 is 6.16 Å². The number of ether oxygens (including phenoxy) is 2. The molecule has 0 bridgehead atoms. The lowest BCUT2D eigenvalue weighted by atomic mass is 10.2. The third-order valence-corrected chi connectivity index (χ3v) is 8.64. The van der Waals surface area contributed by atoms with E-state index in [0.717, 1.165) is 0 Å². The average molecular weight is 382 g/mol.